The molecule has 1 aromatic carbocycles. The zero-order chi connectivity index (χ0) is 15.1. The molecule has 0 aliphatic carbocycles. The zero-order valence-corrected chi connectivity index (χ0v) is 12.2. The molecule has 0 fully saturated rings. The van der Waals surface area contributed by atoms with Gasteiger partial charge in [0.25, 0.3) is 0 Å². The van der Waals surface area contributed by atoms with Crippen LogP contribution in [0.25, 0.3) is 0 Å². The van der Waals surface area contributed by atoms with Gasteiger partial charge >= 0.3 is 0 Å². The van der Waals surface area contributed by atoms with Crippen molar-refractivity contribution in [2.45, 2.75) is 13.5 Å². The van der Waals surface area contributed by atoms with Crippen LogP contribution in [0.4, 0.5) is 5.69 Å². The number of carbonyl (C=O) groups excluding carboxylic acids is 1. The normalized spacial score (nSPS) is 10.2. The molecule has 0 unspecified atom stereocenters. The number of rotatable bonds is 6. The first-order valence-electron chi connectivity index (χ1n) is 6.74. The molecule has 0 saturated heterocycles. The average Bonchev–Trinajstić information content (AvgIpc) is 2.47. The summed E-state index contributed by atoms with van der Waals surface area (Å²) >= 11 is 0. The van der Waals surface area contributed by atoms with E-state index in [-0.39, 0.29) is 12.5 Å². The van der Waals surface area contributed by atoms with Crippen molar-refractivity contribution in [3.05, 3.63) is 53.9 Å². The van der Waals surface area contributed by atoms with Gasteiger partial charge in [-0.3, -0.25) is 9.78 Å². The third kappa shape index (κ3) is 4.89. The lowest BCUT2D eigenvalue weighted by Crippen LogP contribution is -2.28. The Kier molecular flexibility index (Phi) is 5.29. The fourth-order valence-electron chi connectivity index (χ4n) is 1.91. The second kappa shape index (κ2) is 7.40. The van der Waals surface area contributed by atoms with Gasteiger partial charge in [-0.05, 0) is 31.2 Å². The standard InChI is InChI=1S/C16H19N3O2/c1-12-5-3-7-14(18-12)10-17-11-16(20)19-13-6-4-8-15(9-13)21-2/h3-9,17H,10-11H2,1-2H3,(H,19,20). The number of pyridine rings is 1. The van der Waals surface area contributed by atoms with Crippen LogP contribution in [0.1, 0.15) is 11.4 Å². The van der Waals surface area contributed by atoms with Gasteiger partial charge in [0.15, 0.2) is 0 Å². The van der Waals surface area contributed by atoms with E-state index in [0.29, 0.717) is 12.3 Å². The van der Waals surface area contributed by atoms with Gasteiger partial charge in [0, 0.05) is 24.0 Å². The molecule has 2 aromatic rings. The summed E-state index contributed by atoms with van der Waals surface area (Å²) in [6, 6.07) is 13.1. The van der Waals surface area contributed by atoms with E-state index in [4.69, 9.17) is 4.74 Å². The maximum absolute atomic E-state index is 11.8. The molecule has 2 rings (SSSR count). The summed E-state index contributed by atoms with van der Waals surface area (Å²) in [5.74, 6) is 0.612. The Balaban J connectivity index is 1.79. The Morgan fingerprint density at radius 3 is 2.81 bits per heavy atom. The van der Waals surface area contributed by atoms with Crippen molar-refractivity contribution < 1.29 is 9.53 Å². The number of aromatic nitrogens is 1. The Morgan fingerprint density at radius 2 is 2.05 bits per heavy atom. The number of hydrogen-bond acceptors (Lipinski definition) is 4. The maximum atomic E-state index is 11.8. The molecule has 1 aromatic heterocycles. The fraction of sp³-hybridized carbons (Fsp3) is 0.250. The van der Waals surface area contributed by atoms with Gasteiger partial charge in [-0.1, -0.05) is 12.1 Å². The lowest BCUT2D eigenvalue weighted by atomic mass is 10.3. The molecule has 5 heteroatoms. The molecule has 0 radical (unpaired) electrons. The van der Waals surface area contributed by atoms with Crippen LogP contribution in [-0.4, -0.2) is 24.5 Å². The lowest BCUT2D eigenvalue weighted by Gasteiger charge is -2.08. The number of methoxy groups -OCH3 is 1. The summed E-state index contributed by atoms with van der Waals surface area (Å²) in [5.41, 5.74) is 2.61. The summed E-state index contributed by atoms with van der Waals surface area (Å²) in [6.45, 7) is 2.74. The molecule has 2 N–H and O–H groups in total. The first-order chi connectivity index (χ1) is 10.2. The third-order valence-corrected chi connectivity index (χ3v) is 2.89. The zero-order valence-electron chi connectivity index (χ0n) is 12.2. The number of anilines is 1. The number of aryl methyl sites for hydroxylation is 1. The van der Waals surface area contributed by atoms with Crippen LogP contribution in [0.5, 0.6) is 5.75 Å². The van der Waals surface area contributed by atoms with Crippen LogP contribution in [0.2, 0.25) is 0 Å². The Bertz CT molecular complexity index is 614. The number of benzene rings is 1. The first kappa shape index (κ1) is 15.0. The van der Waals surface area contributed by atoms with Crippen molar-refractivity contribution in [1.82, 2.24) is 10.3 Å². The highest BCUT2D eigenvalue weighted by molar-refractivity contribution is 5.92. The summed E-state index contributed by atoms with van der Waals surface area (Å²) in [4.78, 5) is 16.2. The van der Waals surface area contributed by atoms with Crippen LogP contribution in [0, 0.1) is 6.92 Å². The topological polar surface area (TPSA) is 63.2 Å². The molecule has 0 atom stereocenters. The van der Waals surface area contributed by atoms with Gasteiger partial charge in [-0.2, -0.15) is 0 Å². The smallest absolute Gasteiger partial charge is 0.238 e. The molecule has 21 heavy (non-hydrogen) atoms. The van der Waals surface area contributed by atoms with Crippen LogP contribution in [0.3, 0.4) is 0 Å². The minimum Gasteiger partial charge on any atom is -0.497 e. The van der Waals surface area contributed by atoms with E-state index < -0.39 is 0 Å². The molecule has 110 valence electrons. The van der Waals surface area contributed by atoms with Crippen LogP contribution < -0.4 is 15.4 Å². The summed E-state index contributed by atoms with van der Waals surface area (Å²) in [7, 11) is 1.59. The van der Waals surface area contributed by atoms with Crippen molar-refractivity contribution in [2.24, 2.45) is 0 Å². The maximum Gasteiger partial charge on any atom is 0.238 e. The minimum atomic E-state index is -0.101. The van der Waals surface area contributed by atoms with Gasteiger partial charge in [0.05, 0.1) is 19.3 Å². The number of amides is 1. The number of nitrogens with one attached hydrogen (secondary N) is 2. The summed E-state index contributed by atoms with van der Waals surface area (Å²) in [5, 5.41) is 5.88. The van der Waals surface area contributed by atoms with Crippen molar-refractivity contribution in [3.8, 4) is 5.75 Å². The molecular formula is C16H19N3O2. The van der Waals surface area contributed by atoms with Crippen LogP contribution in [-0.2, 0) is 11.3 Å². The van der Waals surface area contributed by atoms with Crippen LogP contribution >= 0.6 is 0 Å². The average molecular weight is 285 g/mol. The van der Waals surface area contributed by atoms with E-state index in [1.54, 1.807) is 13.2 Å². The number of nitrogens with zero attached hydrogens (tertiary/aromatic N) is 1. The van der Waals surface area contributed by atoms with Gasteiger partial charge < -0.3 is 15.4 Å². The van der Waals surface area contributed by atoms with Gasteiger partial charge in [0.2, 0.25) is 5.91 Å². The van der Waals surface area contributed by atoms with E-state index in [2.05, 4.69) is 15.6 Å². The van der Waals surface area contributed by atoms with Gasteiger partial charge in [-0.25, -0.2) is 0 Å². The highest BCUT2D eigenvalue weighted by atomic mass is 16.5. The molecule has 1 heterocycles. The van der Waals surface area contributed by atoms with Crippen molar-refractivity contribution in [1.29, 1.82) is 0 Å². The second-order valence-corrected chi connectivity index (χ2v) is 4.65. The Labute approximate surface area is 124 Å². The van der Waals surface area contributed by atoms with Crippen molar-refractivity contribution >= 4 is 11.6 Å². The predicted molar refractivity (Wildman–Crippen MR) is 82.3 cm³/mol. The highest BCUT2D eigenvalue weighted by Crippen LogP contribution is 2.16. The quantitative estimate of drug-likeness (QED) is 0.853. The van der Waals surface area contributed by atoms with Crippen molar-refractivity contribution in [3.63, 3.8) is 0 Å². The number of ether oxygens (including phenoxy) is 1. The molecule has 1 amide bonds. The Morgan fingerprint density at radius 1 is 1.24 bits per heavy atom. The fourth-order valence-corrected chi connectivity index (χ4v) is 1.91. The molecule has 0 aliphatic heterocycles. The Hall–Kier alpha value is -2.40. The SMILES string of the molecule is COc1cccc(NC(=O)CNCc2cccc(C)n2)c1. The van der Waals surface area contributed by atoms with E-state index in [1.807, 2.05) is 43.3 Å². The van der Waals surface area contributed by atoms with Gasteiger partial charge in [-0.15, -0.1) is 0 Å². The number of carbonyl (C=O) groups is 1. The summed E-state index contributed by atoms with van der Waals surface area (Å²) in [6.07, 6.45) is 0. The predicted octanol–water partition coefficient (Wildman–Crippen LogP) is 2.13. The summed E-state index contributed by atoms with van der Waals surface area (Å²) < 4.78 is 5.11. The second-order valence-electron chi connectivity index (χ2n) is 4.65. The molecule has 0 bridgehead atoms. The van der Waals surface area contributed by atoms with Crippen molar-refractivity contribution in [2.75, 3.05) is 19.0 Å². The largest absolute Gasteiger partial charge is 0.497 e. The highest BCUT2D eigenvalue weighted by Gasteiger charge is 2.03. The third-order valence-electron chi connectivity index (χ3n) is 2.89. The molecule has 0 saturated carbocycles. The lowest BCUT2D eigenvalue weighted by molar-refractivity contribution is -0.115. The van der Waals surface area contributed by atoms with E-state index in [1.165, 1.54) is 0 Å². The van der Waals surface area contributed by atoms with E-state index in [9.17, 15) is 4.79 Å². The van der Waals surface area contributed by atoms with E-state index >= 15 is 0 Å². The molecular weight excluding hydrogens is 266 g/mol. The molecule has 0 aliphatic rings. The number of hydrogen-bond donors (Lipinski definition) is 2. The minimum absolute atomic E-state index is 0.101. The van der Waals surface area contributed by atoms with Gasteiger partial charge in [0.1, 0.15) is 5.75 Å². The molecule has 5 nitrogen and oxygen atoms in total. The molecule has 0 spiro atoms. The van der Waals surface area contributed by atoms with E-state index in [0.717, 1.165) is 17.1 Å². The monoisotopic (exact) mass is 285 g/mol. The first-order valence-corrected chi connectivity index (χ1v) is 6.74. The van der Waals surface area contributed by atoms with Crippen LogP contribution in [0.15, 0.2) is 42.5 Å².